The summed E-state index contributed by atoms with van der Waals surface area (Å²) in [7, 11) is 0. The van der Waals surface area contributed by atoms with Gasteiger partial charge < -0.3 is 9.47 Å². The number of nitrogens with zero attached hydrogens (tertiary/aromatic N) is 2. The third-order valence-electron chi connectivity index (χ3n) is 3.00. The van der Waals surface area contributed by atoms with Crippen LogP contribution in [0.4, 0.5) is 0 Å². The molecule has 1 saturated heterocycles. The van der Waals surface area contributed by atoms with E-state index in [2.05, 4.69) is 5.16 Å². The standard InChI is InChI=1S/C13H14N2O4/c16-13-15(7-6-11-17-8-9-18-11)12(14-19-13)10-4-2-1-3-5-10/h1-5,11H,6-9H2. The van der Waals surface area contributed by atoms with Crippen LogP contribution in [0.3, 0.4) is 0 Å². The van der Waals surface area contributed by atoms with Gasteiger partial charge in [0.1, 0.15) is 0 Å². The maximum absolute atomic E-state index is 11.7. The summed E-state index contributed by atoms with van der Waals surface area (Å²) in [6.07, 6.45) is 0.353. The number of aromatic nitrogens is 2. The SMILES string of the molecule is O=c1onc(-c2ccccc2)n1CCC1OCCO1. The van der Waals surface area contributed by atoms with Crippen molar-refractivity contribution in [2.45, 2.75) is 19.3 Å². The lowest BCUT2D eigenvalue weighted by Gasteiger charge is -2.09. The second-order valence-electron chi connectivity index (χ2n) is 4.25. The van der Waals surface area contributed by atoms with E-state index in [-0.39, 0.29) is 6.29 Å². The molecular formula is C13H14N2O4. The number of hydrogen-bond donors (Lipinski definition) is 0. The van der Waals surface area contributed by atoms with Crippen LogP contribution in [0.5, 0.6) is 0 Å². The molecule has 100 valence electrons. The molecule has 0 aliphatic carbocycles. The van der Waals surface area contributed by atoms with Gasteiger partial charge in [0.25, 0.3) is 0 Å². The minimum Gasteiger partial charge on any atom is -0.350 e. The molecule has 2 aromatic rings. The van der Waals surface area contributed by atoms with Crippen LogP contribution in [-0.2, 0) is 16.0 Å². The van der Waals surface area contributed by atoms with Gasteiger partial charge in [-0.3, -0.25) is 9.09 Å². The molecule has 1 aromatic heterocycles. The van der Waals surface area contributed by atoms with Crippen LogP contribution in [0.15, 0.2) is 39.6 Å². The minimum absolute atomic E-state index is 0.245. The van der Waals surface area contributed by atoms with Gasteiger partial charge in [0.2, 0.25) is 0 Å². The molecule has 0 saturated carbocycles. The van der Waals surface area contributed by atoms with Gasteiger partial charge in [0.05, 0.1) is 13.2 Å². The predicted octanol–water partition coefficient (Wildman–Crippen LogP) is 1.27. The Morgan fingerprint density at radius 2 is 1.95 bits per heavy atom. The zero-order chi connectivity index (χ0) is 13.1. The number of benzene rings is 1. The quantitative estimate of drug-likeness (QED) is 0.830. The first-order valence-electron chi connectivity index (χ1n) is 6.20. The molecule has 1 fully saturated rings. The van der Waals surface area contributed by atoms with E-state index < -0.39 is 5.76 Å². The lowest BCUT2D eigenvalue weighted by atomic mass is 10.2. The summed E-state index contributed by atoms with van der Waals surface area (Å²) in [5.74, 6) is 0.0699. The van der Waals surface area contributed by atoms with E-state index in [0.29, 0.717) is 32.0 Å². The average Bonchev–Trinajstić information content (AvgIpc) is 3.07. The Morgan fingerprint density at radius 3 is 2.68 bits per heavy atom. The van der Waals surface area contributed by atoms with Gasteiger partial charge in [0, 0.05) is 18.5 Å². The first kappa shape index (κ1) is 12.1. The summed E-state index contributed by atoms with van der Waals surface area (Å²) in [6, 6.07) is 9.46. The predicted molar refractivity (Wildman–Crippen MR) is 66.5 cm³/mol. The topological polar surface area (TPSA) is 66.5 Å². The van der Waals surface area contributed by atoms with Crippen LogP contribution in [-0.4, -0.2) is 29.2 Å². The smallest absolute Gasteiger partial charge is 0.350 e. The molecule has 0 amide bonds. The van der Waals surface area contributed by atoms with E-state index in [1.807, 2.05) is 30.3 Å². The molecule has 2 heterocycles. The van der Waals surface area contributed by atoms with Crippen LogP contribution >= 0.6 is 0 Å². The second-order valence-corrected chi connectivity index (χ2v) is 4.25. The Hall–Kier alpha value is -1.92. The lowest BCUT2D eigenvalue weighted by molar-refractivity contribution is -0.0492. The molecular weight excluding hydrogens is 248 g/mol. The maximum atomic E-state index is 11.7. The summed E-state index contributed by atoms with van der Waals surface area (Å²) in [5.41, 5.74) is 0.849. The molecule has 0 spiro atoms. The fraction of sp³-hybridized carbons (Fsp3) is 0.385. The van der Waals surface area contributed by atoms with Crippen LogP contribution in [0.1, 0.15) is 6.42 Å². The normalized spacial score (nSPS) is 16.0. The van der Waals surface area contributed by atoms with E-state index in [1.165, 1.54) is 4.57 Å². The van der Waals surface area contributed by atoms with Crippen molar-refractivity contribution in [3.05, 3.63) is 40.9 Å². The zero-order valence-electron chi connectivity index (χ0n) is 10.3. The van der Waals surface area contributed by atoms with E-state index in [0.717, 1.165) is 5.56 Å². The van der Waals surface area contributed by atoms with Crippen molar-refractivity contribution in [2.24, 2.45) is 0 Å². The summed E-state index contributed by atoms with van der Waals surface area (Å²) in [5, 5.41) is 3.83. The van der Waals surface area contributed by atoms with Crippen molar-refractivity contribution < 1.29 is 14.0 Å². The first-order valence-corrected chi connectivity index (χ1v) is 6.20. The van der Waals surface area contributed by atoms with Crippen molar-refractivity contribution in [3.63, 3.8) is 0 Å². The molecule has 6 heteroatoms. The molecule has 19 heavy (non-hydrogen) atoms. The monoisotopic (exact) mass is 262 g/mol. The van der Waals surface area contributed by atoms with Crippen molar-refractivity contribution in [2.75, 3.05) is 13.2 Å². The van der Waals surface area contributed by atoms with Gasteiger partial charge in [-0.2, -0.15) is 0 Å². The number of hydrogen-bond acceptors (Lipinski definition) is 5. The van der Waals surface area contributed by atoms with Gasteiger partial charge in [-0.15, -0.1) is 0 Å². The Balaban J connectivity index is 1.80. The molecule has 0 atom stereocenters. The van der Waals surface area contributed by atoms with Crippen molar-refractivity contribution >= 4 is 0 Å². The van der Waals surface area contributed by atoms with Crippen molar-refractivity contribution in [1.29, 1.82) is 0 Å². The van der Waals surface area contributed by atoms with E-state index in [1.54, 1.807) is 0 Å². The average molecular weight is 262 g/mol. The highest BCUT2D eigenvalue weighted by Gasteiger charge is 2.18. The highest BCUT2D eigenvalue weighted by Crippen LogP contribution is 2.16. The van der Waals surface area contributed by atoms with Gasteiger partial charge >= 0.3 is 5.76 Å². The third kappa shape index (κ3) is 2.59. The maximum Gasteiger partial charge on any atom is 0.441 e. The van der Waals surface area contributed by atoms with Crippen molar-refractivity contribution in [3.8, 4) is 11.4 Å². The van der Waals surface area contributed by atoms with Crippen LogP contribution in [0, 0.1) is 0 Å². The van der Waals surface area contributed by atoms with Crippen LogP contribution in [0.2, 0.25) is 0 Å². The lowest BCUT2D eigenvalue weighted by Crippen LogP contribution is -2.20. The van der Waals surface area contributed by atoms with E-state index >= 15 is 0 Å². The Kier molecular flexibility index (Phi) is 3.43. The Morgan fingerprint density at radius 1 is 1.21 bits per heavy atom. The zero-order valence-corrected chi connectivity index (χ0v) is 10.3. The molecule has 1 aliphatic heterocycles. The Bertz CT molecular complexity index is 584. The van der Waals surface area contributed by atoms with E-state index in [4.69, 9.17) is 14.0 Å². The fourth-order valence-electron chi connectivity index (χ4n) is 2.07. The molecule has 0 N–H and O–H groups in total. The number of ether oxygens (including phenoxy) is 2. The molecule has 0 bridgehead atoms. The number of rotatable bonds is 4. The fourth-order valence-corrected chi connectivity index (χ4v) is 2.07. The van der Waals surface area contributed by atoms with Gasteiger partial charge in [0.15, 0.2) is 12.1 Å². The molecule has 1 aromatic carbocycles. The summed E-state index contributed by atoms with van der Waals surface area (Å²) >= 11 is 0. The van der Waals surface area contributed by atoms with Gasteiger partial charge in [-0.1, -0.05) is 35.5 Å². The second kappa shape index (κ2) is 5.38. The van der Waals surface area contributed by atoms with Crippen LogP contribution in [0.25, 0.3) is 11.4 Å². The molecule has 0 unspecified atom stereocenters. The summed E-state index contributed by atoms with van der Waals surface area (Å²) < 4.78 is 16.9. The highest BCUT2D eigenvalue weighted by molar-refractivity contribution is 5.54. The van der Waals surface area contributed by atoms with Crippen LogP contribution < -0.4 is 5.76 Å². The molecule has 1 aliphatic rings. The minimum atomic E-state index is -0.461. The van der Waals surface area contributed by atoms with E-state index in [9.17, 15) is 4.79 Å². The first-order chi connectivity index (χ1) is 9.34. The largest absolute Gasteiger partial charge is 0.441 e. The van der Waals surface area contributed by atoms with Crippen molar-refractivity contribution in [1.82, 2.24) is 9.72 Å². The molecule has 0 radical (unpaired) electrons. The molecule has 6 nitrogen and oxygen atoms in total. The third-order valence-corrected chi connectivity index (χ3v) is 3.00. The van der Waals surface area contributed by atoms with Gasteiger partial charge in [-0.25, -0.2) is 4.79 Å². The molecule has 3 rings (SSSR count). The summed E-state index contributed by atoms with van der Waals surface area (Å²) in [4.78, 5) is 11.7. The Labute approximate surface area is 109 Å². The highest BCUT2D eigenvalue weighted by atomic mass is 16.7. The van der Waals surface area contributed by atoms with Gasteiger partial charge in [-0.05, 0) is 0 Å². The summed E-state index contributed by atoms with van der Waals surface area (Å²) in [6.45, 7) is 1.67.